The second-order valence-electron chi connectivity index (χ2n) is 5.94. The molecule has 6 heteroatoms. The summed E-state index contributed by atoms with van der Waals surface area (Å²) in [6.07, 6.45) is 1.12. The Hall–Kier alpha value is -2.08. The number of carboxylic acids is 1. The molecule has 2 N–H and O–H groups in total. The average molecular weight is 319 g/mol. The molecule has 2 amide bonds. The minimum absolute atomic E-state index is 0.0592. The third-order valence-electron chi connectivity index (χ3n) is 4.46. The van der Waals surface area contributed by atoms with Crippen molar-refractivity contribution >= 4 is 12.0 Å². The number of nitrogens with one attached hydrogen (secondary N) is 1. The number of aromatic carboxylic acids is 1. The van der Waals surface area contributed by atoms with Crippen LogP contribution in [0.3, 0.4) is 0 Å². The lowest BCUT2D eigenvalue weighted by atomic mass is 10.1. The van der Waals surface area contributed by atoms with Crippen LogP contribution in [0, 0.1) is 0 Å². The van der Waals surface area contributed by atoms with Gasteiger partial charge in [0.1, 0.15) is 0 Å². The fourth-order valence-corrected chi connectivity index (χ4v) is 2.68. The molecule has 126 valence electrons. The Balaban J connectivity index is 1.78. The maximum atomic E-state index is 12.2. The number of carboxylic acid groups (broad SMARTS) is 1. The first-order valence-corrected chi connectivity index (χ1v) is 8.10. The lowest BCUT2D eigenvalue weighted by molar-refractivity contribution is 0.0697. The summed E-state index contributed by atoms with van der Waals surface area (Å²) in [4.78, 5) is 27.2. The van der Waals surface area contributed by atoms with Gasteiger partial charge in [-0.3, -0.25) is 4.90 Å². The van der Waals surface area contributed by atoms with Crippen molar-refractivity contribution in [3.8, 4) is 0 Å². The first-order valence-electron chi connectivity index (χ1n) is 8.10. The van der Waals surface area contributed by atoms with Gasteiger partial charge in [0.15, 0.2) is 0 Å². The van der Waals surface area contributed by atoms with E-state index in [0.29, 0.717) is 12.6 Å². The van der Waals surface area contributed by atoms with Crippen molar-refractivity contribution in [1.82, 2.24) is 15.1 Å². The molecule has 1 aromatic carbocycles. The minimum Gasteiger partial charge on any atom is -0.478 e. The quantitative estimate of drug-likeness (QED) is 0.871. The van der Waals surface area contributed by atoms with Crippen molar-refractivity contribution in [1.29, 1.82) is 0 Å². The molecule has 6 nitrogen and oxygen atoms in total. The SMILES string of the molecule is CCC(C)N1CCN(C(=O)NCc2ccc(C(=O)O)cc2)CC1. The van der Waals surface area contributed by atoms with E-state index in [2.05, 4.69) is 24.1 Å². The van der Waals surface area contributed by atoms with Gasteiger partial charge in [0.25, 0.3) is 0 Å². The zero-order chi connectivity index (χ0) is 16.8. The molecule has 1 aromatic rings. The second-order valence-corrected chi connectivity index (χ2v) is 5.94. The lowest BCUT2D eigenvalue weighted by Gasteiger charge is -2.37. The average Bonchev–Trinajstić information content (AvgIpc) is 2.59. The van der Waals surface area contributed by atoms with Crippen LogP contribution in [0.2, 0.25) is 0 Å². The van der Waals surface area contributed by atoms with Crippen molar-refractivity contribution < 1.29 is 14.7 Å². The molecule has 0 saturated carbocycles. The van der Waals surface area contributed by atoms with Gasteiger partial charge in [0.05, 0.1) is 5.56 Å². The minimum atomic E-state index is -0.945. The molecule has 0 aromatic heterocycles. The molecule has 0 aliphatic carbocycles. The van der Waals surface area contributed by atoms with E-state index >= 15 is 0 Å². The van der Waals surface area contributed by atoms with Gasteiger partial charge in [-0.1, -0.05) is 19.1 Å². The Bertz CT molecular complexity index is 537. The van der Waals surface area contributed by atoms with Crippen LogP contribution in [0.4, 0.5) is 4.79 Å². The highest BCUT2D eigenvalue weighted by atomic mass is 16.4. The molecule has 23 heavy (non-hydrogen) atoms. The van der Waals surface area contributed by atoms with E-state index in [-0.39, 0.29) is 11.6 Å². The van der Waals surface area contributed by atoms with Crippen LogP contribution in [0.15, 0.2) is 24.3 Å². The number of hydrogen-bond donors (Lipinski definition) is 2. The topological polar surface area (TPSA) is 72.9 Å². The Morgan fingerprint density at radius 2 is 1.78 bits per heavy atom. The zero-order valence-corrected chi connectivity index (χ0v) is 13.8. The van der Waals surface area contributed by atoms with Crippen molar-refractivity contribution in [2.45, 2.75) is 32.9 Å². The van der Waals surface area contributed by atoms with E-state index in [4.69, 9.17) is 5.11 Å². The maximum absolute atomic E-state index is 12.2. The summed E-state index contributed by atoms with van der Waals surface area (Å²) in [5.41, 5.74) is 1.14. The van der Waals surface area contributed by atoms with Crippen LogP contribution in [-0.2, 0) is 6.54 Å². The predicted octanol–water partition coefficient (Wildman–Crippen LogP) is 2.01. The van der Waals surface area contributed by atoms with Crippen molar-refractivity contribution in [2.75, 3.05) is 26.2 Å². The highest BCUT2D eigenvalue weighted by Gasteiger charge is 2.23. The third kappa shape index (κ3) is 4.69. The first kappa shape index (κ1) is 17.3. The van der Waals surface area contributed by atoms with Crippen LogP contribution >= 0.6 is 0 Å². The van der Waals surface area contributed by atoms with E-state index in [1.807, 2.05) is 4.90 Å². The van der Waals surface area contributed by atoms with Crippen LogP contribution in [0.1, 0.15) is 36.2 Å². The summed E-state index contributed by atoms with van der Waals surface area (Å²) in [6, 6.07) is 7.06. The zero-order valence-electron chi connectivity index (χ0n) is 13.8. The Labute approximate surface area is 137 Å². The van der Waals surface area contributed by atoms with Crippen molar-refractivity contribution in [3.05, 3.63) is 35.4 Å². The van der Waals surface area contributed by atoms with E-state index in [9.17, 15) is 9.59 Å². The van der Waals surface area contributed by atoms with Crippen LogP contribution in [0.5, 0.6) is 0 Å². The molecule has 2 rings (SSSR count). The van der Waals surface area contributed by atoms with E-state index in [1.165, 1.54) is 0 Å². The molecule has 0 spiro atoms. The van der Waals surface area contributed by atoms with Gasteiger partial charge in [0, 0.05) is 38.8 Å². The summed E-state index contributed by atoms with van der Waals surface area (Å²) in [6.45, 7) is 8.12. The van der Waals surface area contributed by atoms with Gasteiger partial charge >= 0.3 is 12.0 Å². The fourth-order valence-electron chi connectivity index (χ4n) is 2.68. The lowest BCUT2D eigenvalue weighted by Crippen LogP contribution is -2.53. The molecule has 1 aliphatic heterocycles. The molecule has 1 fully saturated rings. The maximum Gasteiger partial charge on any atom is 0.335 e. The van der Waals surface area contributed by atoms with Gasteiger partial charge in [-0.2, -0.15) is 0 Å². The molecule has 1 atom stereocenters. The monoisotopic (exact) mass is 319 g/mol. The van der Waals surface area contributed by atoms with E-state index < -0.39 is 5.97 Å². The molecule has 1 saturated heterocycles. The van der Waals surface area contributed by atoms with Gasteiger partial charge in [-0.15, -0.1) is 0 Å². The number of rotatable bonds is 5. The number of carbonyl (C=O) groups excluding carboxylic acids is 1. The molecular weight excluding hydrogens is 294 g/mol. The Morgan fingerprint density at radius 3 is 2.30 bits per heavy atom. The summed E-state index contributed by atoms with van der Waals surface area (Å²) >= 11 is 0. The molecular formula is C17H25N3O3. The summed E-state index contributed by atoms with van der Waals surface area (Å²) in [5.74, 6) is -0.945. The van der Waals surface area contributed by atoms with E-state index in [0.717, 1.165) is 38.2 Å². The van der Waals surface area contributed by atoms with Crippen LogP contribution in [0.25, 0.3) is 0 Å². The smallest absolute Gasteiger partial charge is 0.335 e. The fraction of sp³-hybridized carbons (Fsp3) is 0.529. The first-order chi connectivity index (χ1) is 11.0. The number of carbonyl (C=O) groups is 2. The molecule has 0 radical (unpaired) electrons. The highest BCUT2D eigenvalue weighted by molar-refractivity contribution is 5.87. The Morgan fingerprint density at radius 1 is 1.17 bits per heavy atom. The third-order valence-corrected chi connectivity index (χ3v) is 4.46. The number of urea groups is 1. The van der Waals surface area contributed by atoms with Gasteiger partial charge in [-0.25, -0.2) is 9.59 Å². The summed E-state index contributed by atoms with van der Waals surface area (Å²) in [5, 5.41) is 11.8. The number of amides is 2. The molecule has 0 bridgehead atoms. The van der Waals surface area contributed by atoms with E-state index in [1.54, 1.807) is 24.3 Å². The number of hydrogen-bond acceptors (Lipinski definition) is 3. The highest BCUT2D eigenvalue weighted by Crippen LogP contribution is 2.09. The van der Waals surface area contributed by atoms with Crippen molar-refractivity contribution in [2.24, 2.45) is 0 Å². The van der Waals surface area contributed by atoms with Crippen LogP contribution in [-0.4, -0.2) is 59.1 Å². The van der Waals surface area contributed by atoms with Crippen molar-refractivity contribution in [3.63, 3.8) is 0 Å². The number of benzene rings is 1. The summed E-state index contributed by atoms with van der Waals surface area (Å²) in [7, 11) is 0. The Kier molecular flexibility index (Phi) is 5.98. The number of piperazine rings is 1. The standard InChI is InChI=1S/C17H25N3O3/c1-3-13(2)19-8-10-20(11-9-19)17(23)18-12-14-4-6-15(7-5-14)16(21)22/h4-7,13H,3,8-12H2,1-2H3,(H,18,23)(H,21,22). The molecule has 1 unspecified atom stereocenters. The molecule has 1 heterocycles. The largest absolute Gasteiger partial charge is 0.478 e. The van der Waals surface area contributed by atoms with Gasteiger partial charge < -0.3 is 15.3 Å². The van der Waals surface area contributed by atoms with Gasteiger partial charge in [-0.05, 0) is 31.0 Å². The second kappa shape index (κ2) is 7.97. The molecule has 1 aliphatic rings. The van der Waals surface area contributed by atoms with Gasteiger partial charge in [0.2, 0.25) is 0 Å². The predicted molar refractivity (Wildman–Crippen MR) is 88.5 cm³/mol. The summed E-state index contributed by atoms with van der Waals surface area (Å²) < 4.78 is 0. The van der Waals surface area contributed by atoms with Crippen LogP contribution < -0.4 is 5.32 Å². The number of nitrogens with zero attached hydrogens (tertiary/aromatic N) is 2. The normalized spacial score (nSPS) is 16.9.